The number of halogens is 3. The number of hydrogen-bond acceptors (Lipinski definition) is 4. The lowest BCUT2D eigenvalue weighted by atomic mass is 9.53. The zero-order valence-electron chi connectivity index (χ0n) is 20.3. The molecule has 1 saturated heterocycles. The fourth-order valence-corrected chi connectivity index (χ4v) is 7.39. The molecule has 0 bridgehead atoms. The smallest absolute Gasteiger partial charge is 0.323 e. The molecule has 2 heterocycles. The summed E-state index contributed by atoms with van der Waals surface area (Å²) in [6.07, 6.45) is 3.04. The molecular weight excluding hydrogens is 490 g/mol. The van der Waals surface area contributed by atoms with Crippen molar-refractivity contribution >= 4 is 40.8 Å². The first-order chi connectivity index (χ1) is 16.5. The number of carbonyl (C=O) groups is 2. The number of nitrogens with zero attached hydrogens (tertiary/aromatic N) is 1. The van der Waals surface area contributed by atoms with Crippen LogP contribution in [0.4, 0.5) is 10.1 Å². The van der Waals surface area contributed by atoms with Gasteiger partial charge in [-0.1, -0.05) is 55.2 Å². The van der Waals surface area contributed by atoms with E-state index in [-0.39, 0.29) is 21.9 Å². The fourth-order valence-electron chi connectivity index (χ4n) is 7.04. The Morgan fingerprint density at radius 2 is 1.83 bits per heavy atom. The summed E-state index contributed by atoms with van der Waals surface area (Å²) in [7, 11) is 3.19. The average Bonchev–Trinajstić information content (AvgIpc) is 3.22. The van der Waals surface area contributed by atoms with Crippen molar-refractivity contribution in [3.8, 4) is 0 Å². The molecular formula is C27H29Cl2FN2O3. The Bertz CT molecular complexity index is 1220. The van der Waals surface area contributed by atoms with Gasteiger partial charge in [-0.05, 0) is 67.5 Å². The number of likely N-dealkylation sites (tertiary alicyclic amines) is 1. The summed E-state index contributed by atoms with van der Waals surface area (Å²) < 4.78 is 21.0. The minimum absolute atomic E-state index is 0.0515. The van der Waals surface area contributed by atoms with Crippen molar-refractivity contribution in [1.29, 1.82) is 0 Å². The third-order valence-electron chi connectivity index (χ3n) is 8.81. The van der Waals surface area contributed by atoms with Crippen molar-refractivity contribution in [3.05, 3.63) is 63.4 Å². The Hall–Kier alpha value is -2.15. The van der Waals surface area contributed by atoms with Crippen LogP contribution in [0.2, 0.25) is 10.0 Å². The first-order valence-electron chi connectivity index (χ1n) is 11.9. The largest absolute Gasteiger partial charge is 0.468 e. The van der Waals surface area contributed by atoms with Gasteiger partial charge in [-0.25, -0.2) is 4.39 Å². The van der Waals surface area contributed by atoms with Crippen LogP contribution >= 0.6 is 23.2 Å². The van der Waals surface area contributed by atoms with Crippen LogP contribution in [0.1, 0.15) is 56.6 Å². The van der Waals surface area contributed by atoms with Crippen LogP contribution < -0.4 is 5.32 Å². The van der Waals surface area contributed by atoms with E-state index in [9.17, 15) is 9.59 Å². The lowest BCUT2D eigenvalue weighted by Crippen LogP contribution is -2.61. The van der Waals surface area contributed by atoms with Gasteiger partial charge in [0.1, 0.15) is 17.3 Å². The van der Waals surface area contributed by atoms with Crippen LogP contribution in [0, 0.1) is 11.2 Å². The van der Waals surface area contributed by atoms with Crippen molar-refractivity contribution in [3.63, 3.8) is 0 Å². The van der Waals surface area contributed by atoms with Crippen molar-refractivity contribution in [2.75, 3.05) is 19.5 Å². The number of esters is 1. The summed E-state index contributed by atoms with van der Waals surface area (Å²) in [5.41, 5.74) is -0.343. The number of fused-ring (bicyclic) bond motifs is 3. The number of anilines is 1. The molecule has 5 rings (SSSR count). The minimum Gasteiger partial charge on any atom is -0.468 e. The van der Waals surface area contributed by atoms with Gasteiger partial charge in [-0.3, -0.25) is 14.5 Å². The molecule has 0 unspecified atom stereocenters. The third kappa shape index (κ3) is 3.22. The normalized spacial score (nSPS) is 28.8. The predicted molar refractivity (Wildman–Crippen MR) is 134 cm³/mol. The maximum atomic E-state index is 15.7. The molecule has 3 atom stereocenters. The molecule has 1 aliphatic carbocycles. The molecule has 2 aromatic rings. The summed E-state index contributed by atoms with van der Waals surface area (Å²) in [6, 6.07) is 9.19. The summed E-state index contributed by atoms with van der Waals surface area (Å²) in [5, 5.41) is 3.47. The van der Waals surface area contributed by atoms with Gasteiger partial charge in [0.05, 0.1) is 12.1 Å². The molecule has 5 nitrogen and oxygen atoms in total. The molecule has 186 valence electrons. The molecule has 1 amide bonds. The molecule has 0 aromatic heterocycles. The second-order valence-electron chi connectivity index (χ2n) is 10.8. The van der Waals surface area contributed by atoms with E-state index in [1.807, 2.05) is 18.0 Å². The third-order valence-corrected chi connectivity index (χ3v) is 9.34. The molecule has 0 radical (unpaired) electrons. The average molecular weight is 519 g/mol. The van der Waals surface area contributed by atoms with Gasteiger partial charge in [-0.15, -0.1) is 0 Å². The highest BCUT2D eigenvalue weighted by atomic mass is 35.5. The molecule has 2 aromatic carbocycles. The Labute approximate surface area is 214 Å². The number of rotatable bonds is 2. The van der Waals surface area contributed by atoms with Gasteiger partial charge in [-0.2, -0.15) is 0 Å². The predicted octanol–water partition coefficient (Wildman–Crippen LogP) is 5.93. The molecule has 35 heavy (non-hydrogen) atoms. The van der Waals surface area contributed by atoms with Crippen LogP contribution in [0.15, 0.2) is 36.4 Å². The topological polar surface area (TPSA) is 58.6 Å². The van der Waals surface area contributed by atoms with E-state index in [1.165, 1.54) is 13.2 Å². The Balaban J connectivity index is 1.88. The summed E-state index contributed by atoms with van der Waals surface area (Å²) in [5.74, 6) is -2.24. The number of nitrogens with one attached hydrogen (secondary N) is 1. The van der Waals surface area contributed by atoms with Crippen LogP contribution in [0.25, 0.3) is 0 Å². The van der Waals surface area contributed by atoms with Crippen molar-refractivity contribution in [1.82, 2.24) is 4.90 Å². The van der Waals surface area contributed by atoms with Gasteiger partial charge in [0.15, 0.2) is 0 Å². The summed E-state index contributed by atoms with van der Waals surface area (Å²) in [6.45, 7) is 4.44. The van der Waals surface area contributed by atoms with E-state index in [1.54, 1.807) is 24.3 Å². The van der Waals surface area contributed by atoms with Gasteiger partial charge in [0.2, 0.25) is 5.91 Å². The second kappa shape index (κ2) is 8.19. The van der Waals surface area contributed by atoms with Crippen LogP contribution in [0.5, 0.6) is 0 Å². The highest BCUT2D eigenvalue weighted by Gasteiger charge is 2.75. The fraction of sp³-hybridized carbons (Fsp3) is 0.481. The first kappa shape index (κ1) is 24.5. The maximum absolute atomic E-state index is 15.7. The van der Waals surface area contributed by atoms with Gasteiger partial charge in [0.25, 0.3) is 0 Å². The first-order valence-corrected chi connectivity index (χ1v) is 12.6. The molecule has 1 saturated carbocycles. The van der Waals surface area contributed by atoms with Crippen molar-refractivity contribution in [2.45, 2.75) is 62.4 Å². The molecule has 8 heteroatoms. The maximum Gasteiger partial charge on any atom is 0.323 e. The molecule has 3 aliphatic rings. The number of amides is 1. The molecule has 2 fully saturated rings. The minimum atomic E-state index is -1.25. The summed E-state index contributed by atoms with van der Waals surface area (Å²) in [4.78, 5) is 29.7. The van der Waals surface area contributed by atoms with Gasteiger partial charge >= 0.3 is 5.97 Å². The zero-order valence-corrected chi connectivity index (χ0v) is 21.8. The van der Waals surface area contributed by atoms with Crippen LogP contribution in [-0.2, 0) is 19.7 Å². The lowest BCUT2D eigenvalue weighted by molar-refractivity contribution is -0.147. The summed E-state index contributed by atoms with van der Waals surface area (Å²) >= 11 is 12.5. The van der Waals surface area contributed by atoms with E-state index in [0.717, 1.165) is 18.4 Å². The number of carbonyl (C=O) groups excluding carboxylic acids is 2. The van der Waals surface area contributed by atoms with Crippen LogP contribution in [0.3, 0.4) is 0 Å². The highest BCUT2D eigenvalue weighted by Crippen LogP contribution is 2.67. The monoisotopic (exact) mass is 518 g/mol. The number of hydrogen-bond donors (Lipinski definition) is 1. The van der Waals surface area contributed by atoms with E-state index >= 15 is 4.39 Å². The van der Waals surface area contributed by atoms with E-state index < -0.39 is 34.7 Å². The van der Waals surface area contributed by atoms with Gasteiger partial charge < -0.3 is 10.1 Å². The van der Waals surface area contributed by atoms with Crippen LogP contribution in [-0.4, -0.2) is 42.5 Å². The highest BCUT2D eigenvalue weighted by molar-refractivity contribution is 6.31. The quantitative estimate of drug-likeness (QED) is 0.500. The standard InChI is InChI=1S/C27H29Cl2FN2O3/c1-25(2)10-12-26(13-11-25)27(17-9-8-15(28)14-19(17)31-24(27)34)20(22(32(26)3)23(33)35-4)16-6-5-7-18(29)21(16)30/h5-9,14,20,22H,10-13H2,1-4H3,(H,31,34)/t20-,22+,27+/m0/s1. The van der Waals surface area contributed by atoms with Crippen molar-refractivity contribution < 1.29 is 18.7 Å². The molecule has 2 spiro atoms. The van der Waals surface area contributed by atoms with E-state index in [0.29, 0.717) is 23.6 Å². The Morgan fingerprint density at radius 1 is 1.14 bits per heavy atom. The lowest BCUT2D eigenvalue weighted by Gasteiger charge is -2.52. The number of methoxy groups -OCH3 is 1. The van der Waals surface area contributed by atoms with Gasteiger partial charge in [0, 0.05) is 22.2 Å². The van der Waals surface area contributed by atoms with Crippen molar-refractivity contribution in [2.24, 2.45) is 5.41 Å². The second-order valence-corrected chi connectivity index (χ2v) is 11.7. The van der Waals surface area contributed by atoms with E-state index in [2.05, 4.69) is 19.2 Å². The molecule has 1 N–H and O–H groups in total. The number of likely N-dealkylation sites (N-methyl/N-ethyl adjacent to an activating group) is 1. The number of benzene rings is 2. The Morgan fingerprint density at radius 3 is 2.49 bits per heavy atom. The SMILES string of the molecule is COC(=O)[C@H]1[C@H](c2cccc(Cl)c2F)[C@]2(C(=O)Nc3cc(Cl)ccc32)C2(CCC(C)(C)CC2)N1C. The molecule has 2 aliphatic heterocycles. The number of ether oxygens (including phenoxy) is 1. The van der Waals surface area contributed by atoms with E-state index in [4.69, 9.17) is 27.9 Å². The zero-order chi connectivity index (χ0) is 25.3. The Kier molecular flexibility index (Phi) is 5.74.